The summed E-state index contributed by atoms with van der Waals surface area (Å²) in [5.41, 5.74) is 3.65. The Kier molecular flexibility index (Phi) is 2.63. The number of aromatic nitrogens is 2. The van der Waals surface area contributed by atoms with E-state index in [1.807, 2.05) is 35.0 Å². The van der Waals surface area contributed by atoms with Gasteiger partial charge in [-0.05, 0) is 31.4 Å². The minimum absolute atomic E-state index is 0.345. The molecule has 1 heterocycles. The molecule has 0 spiro atoms. The fraction of sp³-hybridized carbons (Fsp3) is 0.286. The summed E-state index contributed by atoms with van der Waals surface area (Å²) in [5.74, 6) is -0.345. The number of hydrogen-bond donors (Lipinski definition) is 0. The highest BCUT2D eigenvalue weighted by Crippen LogP contribution is 2.27. The zero-order valence-corrected chi connectivity index (χ0v) is 10.2. The van der Waals surface area contributed by atoms with Gasteiger partial charge in [-0.15, -0.1) is 0 Å². The summed E-state index contributed by atoms with van der Waals surface area (Å²) >= 11 is 0. The van der Waals surface area contributed by atoms with Gasteiger partial charge in [0, 0.05) is 11.3 Å². The van der Waals surface area contributed by atoms with Gasteiger partial charge >= 0.3 is 5.97 Å². The molecule has 0 unspecified atom stereocenters. The maximum atomic E-state index is 11.7. The Morgan fingerprint density at radius 1 is 1.28 bits per heavy atom. The predicted octanol–water partition coefficient (Wildman–Crippen LogP) is 2.15. The van der Waals surface area contributed by atoms with Gasteiger partial charge < -0.3 is 4.74 Å². The maximum Gasteiger partial charge on any atom is 0.358 e. The maximum absolute atomic E-state index is 11.7. The third-order valence-electron chi connectivity index (χ3n) is 3.31. The Bertz CT molecular complexity index is 587. The summed E-state index contributed by atoms with van der Waals surface area (Å²) in [6.45, 7) is 0. The van der Waals surface area contributed by atoms with Crippen LogP contribution in [0.25, 0.3) is 5.69 Å². The standard InChI is InChI=1S/C14H14N2O2/c1-18-14(17)13-11-8-5-9-12(11)16(15-13)10-6-3-2-4-7-10/h2-4,6-7H,5,8-9H2,1H3. The second-order valence-corrected chi connectivity index (χ2v) is 4.37. The Morgan fingerprint density at radius 3 is 2.78 bits per heavy atom. The molecule has 4 heteroatoms. The summed E-state index contributed by atoms with van der Waals surface area (Å²) in [7, 11) is 1.39. The average Bonchev–Trinajstić information content (AvgIpc) is 3.00. The number of fused-ring (bicyclic) bond motifs is 1. The zero-order chi connectivity index (χ0) is 12.5. The molecule has 0 aliphatic heterocycles. The topological polar surface area (TPSA) is 44.1 Å². The minimum Gasteiger partial charge on any atom is -0.464 e. The van der Waals surface area contributed by atoms with E-state index in [9.17, 15) is 4.79 Å². The molecule has 0 fully saturated rings. The van der Waals surface area contributed by atoms with Crippen molar-refractivity contribution >= 4 is 5.97 Å². The highest BCUT2D eigenvalue weighted by atomic mass is 16.5. The van der Waals surface area contributed by atoms with E-state index in [1.54, 1.807) is 0 Å². The average molecular weight is 242 g/mol. The number of benzene rings is 1. The Hall–Kier alpha value is -2.10. The molecule has 0 saturated carbocycles. The van der Waals surface area contributed by atoms with E-state index in [0.717, 1.165) is 36.2 Å². The molecule has 0 radical (unpaired) electrons. The Balaban J connectivity index is 2.15. The smallest absolute Gasteiger partial charge is 0.358 e. The van der Waals surface area contributed by atoms with Gasteiger partial charge in [0.2, 0.25) is 0 Å². The van der Waals surface area contributed by atoms with Crippen molar-refractivity contribution in [2.24, 2.45) is 0 Å². The van der Waals surface area contributed by atoms with Crippen LogP contribution in [-0.2, 0) is 17.6 Å². The zero-order valence-electron chi connectivity index (χ0n) is 10.2. The van der Waals surface area contributed by atoms with Crippen molar-refractivity contribution in [3.05, 3.63) is 47.3 Å². The molecular weight excluding hydrogens is 228 g/mol. The lowest BCUT2D eigenvalue weighted by Gasteiger charge is -2.04. The largest absolute Gasteiger partial charge is 0.464 e. The normalized spacial score (nSPS) is 13.4. The molecule has 1 aromatic heterocycles. The van der Waals surface area contributed by atoms with Crippen LogP contribution in [0.2, 0.25) is 0 Å². The van der Waals surface area contributed by atoms with Crippen LogP contribution in [0.1, 0.15) is 28.2 Å². The van der Waals surface area contributed by atoms with E-state index in [0.29, 0.717) is 5.69 Å². The summed E-state index contributed by atoms with van der Waals surface area (Å²) in [4.78, 5) is 11.7. The van der Waals surface area contributed by atoms with Gasteiger partial charge in [0.05, 0.1) is 12.8 Å². The van der Waals surface area contributed by atoms with E-state index < -0.39 is 0 Å². The predicted molar refractivity (Wildman–Crippen MR) is 66.9 cm³/mol. The molecule has 4 nitrogen and oxygen atoms in total. The highest BCUT2D eigenvalue weighted by Gasteiger charge is 2.27. The molecule has 0 saturated heterocycles. The lowest BCUT2D eigenvalue weighted by atomic mass is 10.2. The van der Waals surface area contributed by atoms with Crippen LogP contribution in [-0.4, -0.2) is 22.9 Å². The Labute approximate surface area is 105 Å². The number of carbonyl (C=O) groups is 1. The molecule has 0 atom stereocenters. The van der Waals surface area contributed by atoms with Crippen LogP contribution in [0.15, 0.2) is 30.3 Å². The van der Waals surface area contributed by atoms with E-state index in [1.165, 1.54) is 7.11 Å². The fourth-order valence-corrected chi connectivity index (χ4v) is 2.48. The van der Waals surface area contributed by atoms with Gasteiger partial charge in [0.15, 0.2) is 5.69 Å². The lowest BCUT2D eigenvalue weighted by Crippen LogP contribution is -2.06. The molecule has 1 aliphatic rings. The summed E-state index contributed by atoms with van der Waals surface area (Å²) in [6, 6.07) is 9.89. The van der Waals surface area contributed by atoms with Crippen LogP contribution in [0.3, 0.4) is 0 Å². The van der Waals surface area contributed by atoms with Crippen LogP contribution in [0.4, 0.5) is 0 Å². The van der Waals surface area contributed by atoms with Gasteiger partial charge in [0.1, 0.15) is 0 Å². The summed E-state index contributed by atoms with van der Waals surface area (Å²) < 4.78 is 6.67. The van der Waals surface area contributed by atoms with Crippen LogP contribution >= 0.6 is 0 Å². The van der Waals surface area contributed by atoms with Crippen LogP contribution in [0.5, 0.6) is 0 Å². The van der Waals surface area contributed by atoms with Gasteiger partial charge in [0.25, 0.3) is 0 Å². The number of esters is 1. The third kappa shape index (κ3) is 1.61. The van der Waals surface area contributed by atoms with Crippen molar-refractivity contribution in [2.45, 2.75) is 19.3 Å². The number of hydrogen-bond acceptors (Lipinski definition) is 3. The second kappa shape index (κ2) is 4.29. The minimum atomic E-state index is -0.345. The SMILES string of the molecule is COC(=O)c1nn(-c2ccccc2)c2c1CCC2. The van der Waals surface area contributed by atoms with Gasteiger partial charge in [-0.3, -0.25) is 0 Å². The molecular formula is C14H14N2O2. The first-order valence-corrected chi connectivity index (χ1v) is 6.06. The lowest BCUT2D eigenvalue weighted by molar-refractivity contribution is 0.0592. The third-order valence-corrected chi connectivity index (χ3v) is 3.31. The van der Waals surface area contributed by atoms with E-state index in [4.69, 9.17) is 4.74 Å². The molecule has 0 amide bonds. The molecule has 0 bridgehead atoms. The first-order chi connectivity index (χ1) is 8.81. The highest BCUT2D eigenvalue weighted by molar-refractivity contribution is 5.89. The number of nitrogens with zero attached hydrogens (tertiary/aromatic N) is 2. The monoisotopic (exact) mass is 242 g/mol. The molecule has 2 aromatic rings. The van der Waals surface area contributed by atoms with Crippen molar-refractivity contribution in [2.75, 3.05) is 7.11 Å². The van der Waals surface area contributed by atoms with Crippen molar-refractivity contribution in [1.29, 1.82) is 0 Å². The first-order valence-electron chi connectivity index (χ1n) is 6.06. The molecule has 92 valence electrons. The molecule has 1 aliphatic carbocycles. The second-order valence-electron chi connectivity index (χ2n) is 4.37. The summed E-state index contributed by atoms with van der Waals surface area (Å²) in [5, 5.41) is 4.41. The van der Waals surface area contributed by atoms with Gasteiger partial charge in [-0.1, -0.05) is 18.2 Å². The quantitative estimate of drug-likeness (QED) is 0.758. The molecule has 3 rings (SSSR count). The number of para-hydroxylation sites is 1. The summed E-state index contributed by atoms with van der Waals surface area (Å²) in [6.07, 6.45) is 2.95. The number of carbonyl (C=O) groups excluding carboxylic acids is 1. The van der Waals surface area contributed by atoms with Crippen LogP contribution < -0.4 is 0 Å². The van der Waals surface area contributed by atoms with Crippen LogP contribution in [0, 0.1) is 0 Å². The number of methoxy groups -OCH3 is 1. The van der Waals surface area contributed by atoms with E-state index in [2.05, 4.69) is 5.10 Å². The van der Waals surface area contributed by atoms with Crippen molar-refractivity contribution in [3.8, 4) is 5.69 Å². The van der Waals surface area contributed by atoms with Crippen molar-refractivity contribution < 1.29 is 9.53 Å². The fourth-order valence-electron chi connectivity index (χ4n) is 2.48. The number of ether oxygens (including phenoxy) is 1. The number of rotatable bonds is 2. The molecule has 0 N–H and O–H groups in total. The first kappa shape index (κ1) is 11.0. The molecule has 1 aromatic carbocycles. The van der Waals surface area contributed by atoms with Gasteiger partial charge in [-0.25, -0.2) is 9.48 Å². The molecule has 18 heavy (non-hydrogen) atoms. The van der Waals surface area contributed by atoms with Crippen molar-refractivity contribution in [1.82, 2.24) is 9.78 Å². The van der Waals surface area contributed by atoms with E-state index >= 15 is 0 Å². The van der Waals surface area contributed by atoms with Crippen molar-refractivity contribution in [3.63, 3.8) is 0 Å². The Morgan fingerprint density at radius 2 is 2.06 bits per heavy atom. The van der Waals surface area contributed by atoms with Gasteiger partial charge in [-0.2, -0.15) is 5.10 Å². The van der Waals surface area contributed by atoms with E-state index in [-0.39, 0.29) is 5.97 Å².